The second-order valence-corrected chi connectivity index (χ2v) is 8.27. The number of nitrogens with zero attached hydrogens (tertiary/aromatic N) is 7. The van der Waals surface area contributed by atoms with E-state index in [4.69, 9.17) is 4.74 Å². The summed E-state index contributed by atoms with van der Waals surface area (Å²) >= 11 is 0. The van der Waals surface area contributed by atoms with E-state index in [1.807, 2.05) is 11.9 Å². The van der Waals surface area contributed by atoms with Crippen LogP contribution in [-0.4, -0.2) is 80.4 Å². The molecule has 0 spiro atoms. The van der Waals surface area contributed by atoms with Crippen molar-refractivity contribution >= 4 is 22.5 Å². The Morgan fingerprint density at radius 1 is 1.29 bits per heavy atom. The highest BCUT2D eigenvalue weighted by Crippen LogP contribution is 2.34. The van der Waals surface area contributed by atoms with E-state index in [1.165, 1.54) is 23.8 Å². The Labute approximate surface area is 191 Å². The summed E-state index contributed by atoms with van der Waals surface area (Å²) in [6, 6.07) is 4.03. The normalized spacial score (nSPS) is 19.4. The Morgan fingerprint density at radius 2 is 2.12 bits per heavy atom. The largest absolute Gasteiger partial charge is 0.479 e. The summed E-state index contributed by atoms with van der Waals surface area (Å²) in [6.45, 7) is 0.357. The van der Waals surface area contributed by atoms with E-state index < -0.39 is 31.0 Å². The van der Waals surface area contributed by atoms with E-state index in [1.54, 1.807) is 12.3 Å². The number of methoxy groups -OCH3 is 1. The highest BCUT2D eigenvalue weighted by Gasteiger charge is 2.28. The molecule has 13 heteroatoms. The lowest BCUT2D eigenvalue weighted by Gasteiger charge is -2.32. The summed E-state index contributed by atoms with van der Waals surface area (Å²) in [5.41, 5.74) is 1.41. The molecule has 1 fully saturated rings. The molecule has 1 saturated heterocycles. The van der Waals surface area contributed by atoms with Gasteiger partial charge in [0.2, 0.25) is 11.8 Å². The van der Waals surface area contributed by atoms with Crippen molar-refractivity contribution in [3.63, 3.8) is 0 Å². The van der Waals surface area contributed by atoms with E-state index in [0.717, 1.165) is 11.2 Å². The lowest BCUT2D eigenvalue weighted by atomic mass is 10.0. The van der Waals surface area contributed by atoms with Crippen molar-refractivity contribution in [1.82, 2.24) is 34.5 Å². The maximum absolute atomic E-state index is 14.7. The topological polar surface area (TPSA) is 85.4 Å². The van der Waals surface area contributed by atoms with Gasteiger partial charge in [0.1, 0.15) is 23.7 Å². The molecule has 0 amide bonds. The van der Waals surface area contributed by atoms with Crippen LogP contribution >= 0.6 is 0 Å². The quantitative estimate of drug-likeness (QED) is 0.427. The molecule has 34 heavy (non-hydrogen) atoms. The molecule has 5 rings (SSSR count). The average Bonchev–Trinajstić information content (AvgIpc) is 3.39. The Balaban J connectivity index is 1.54. The lowest BCUT2D eigenvalue weighted by Crippen LogP contribution is -2.46. The predicted octanol–water partition coefficient (Wildman–Crippen LogP) is 3.01. The van der Waals surface area contributed by atoms with Crippen molar-refractivity contribution in [2.24, 2.45) is 0 Å². The second kappa shape index (κ2) is 8.70. The van der Waals surface area contributed by atoms with Gasteiger partial charge < -0.3 is 15.0 Å². The Bertz CT molecular complexity index is 1340. The first-order chi connectivity index (χ1) is 16.3. The number of anilines is 1. The third-order valence-electron chi connectivity index (χ3n) is 5.93. The molecule has 1 aliphatic heterocycles. The SMILES string of the molecule is COc1nc(N[C@H]2CCN(C)C[C@H]2F)nn2ccc(-c3cc(F)c4nnn(CC(F)F)c4c3)c12. The van der Waals surface area contributed by atoms with Gasteiger partial charge in [-0.2, -0.15) is 4.98 Å². The predicted molar refractivity (Wildman–Crippen MR) is 116 cm³/mol. The van der Waals surface area contributed by atoms with E-state index in [9.17, 15) is 17.6 Å². The minimum Gasteiger partial charge on any atom is -0.479 e. The standard InChI is InChI=1S/C21H22F4N8O/c1-31-5-4-15(14(23)9-31)26-21-27-20(34-2)19-12(3-6-32(19)29-21)11-7-13(22)18-16(8-11)33(30-28-18)10-17(24)25/h3,6-8,14-15,17H,4-5,9-10H2,1-2H3,(H,26,29)/t14-,15+/m1/s1. The van der Waals surface area contributed by atoms with E-state index in [0.29, 0.717) is 29.6 Å². The summed E-state index contributed by atoms with van der Waals surface area (Å²) in [5, 5.41) is 14.8. The van der Waals surface area contributed by atoms with Gasteiger partial charge >= 0.3 is 0 Å². The van der Waals surface area contributed by atoms with Crippen LogP contribution in [-0.2, 0) is 6.54 Å². The van der Waals surface area contributed by atoms with Crippen LogP contribution in [0, 0.1) is 5.82 Å². The number of likely N-dealkylation sites (tertiary alicyclic amines) is 1. The first kappa shape index (κ1) is 22.3. The number of fused-ring (bicyclic) bond motifs is 2. The molecule has 4 heterocycles. The zero-order chi connectivity index (χ0) is 24.0. The number of rotatable bonds is 6. The number of nitrogens with one attached hydrogen (secondary N) is 1. The van der Waals surface area contributed by atoms with Crippen molar-refractivity contribution in [1.29, 1.82) is 0 Å². The number of hydrogen-bond donors (Lipinski definition) is 1. The van der Waals surface area contributed by atoms with Crippen LogP contribution in [0.2, 0.25) is 0 Å². The number of halogens is 4. The highest BCUT2D eigenvalue weighted by atomic mass is 19.3. The summed E-state index contributed by atoms with van der Waals surface area (Å²) in [4.78, 5) is 6.31. The number of ether oxygens (including phenoxy) is 1. The Morgan fingerprint density at radius 3 is 2.85 bits per heavy atom. The van der Waals surface area contributed by atoms with Crippen LogP contribution < -0.4 is 10.1 Å². The summed E-state index contributed by atoms with van der Waals surface area (Å²) in [6.07, 6.45) is -1.51. The highest BCUT2D eigenvalue weighted by molar-refractivity contribution is 5.89. The van der Waals surface area contributed by atoms with Crippen molar-refractivity contribution in [2.75, 3.05) is 32.6 Å². The molecule has 1 aliphatic rings. The number of aromatic nitrogens is 6. The van der Waals surface area contributed by atoms with E-state index >= 15 is 0 Å². The third kappa shape index (κ3) is 4.00. The Kier molecular flexibility index (Phi) is 5.71. The fourth-order valence-electron chi connectivity index (χ4n) is 4.26. The molecule has 0 unspecified atom stereocenters. The van der Waals surface area contributed by atoms with E-state index in [-0.39, 0.29) is 22.9 Å². The molecule has 180 valence electrons. The molecular formula is C21H22F4N8O. The van der Waals surface area contributed by atoms with Crippen molar-refractivity contribution in [2.45, 2.75) is 31.6 Å². The first-order valence-corrected chi connectivity index (χ1v) is 10.7. The molecule has 1 N–H and O–H groups in total. The summed E-state index contributed by atoms with van der Waals surface area (Å²) in [5.74, 6) is -0.299. The molecule has 2 atom stereocenters. The smallest absolute Gasteiger partial charge is 0.258 e. The van der Waals surface area contributed by atoms with Gasteiger partial charge in [-0.1, -0.05) is 5.21 Å². The number of alkyl halides is 3. The summed E-state index contributed by atoms with van der Waals surface area (Å²) < 4.78 is 62.9. The molecular weight excluding hydrogens is 456 g/mol. The molecule has 0 saturated carbocycles. The van der Waals surface area contributed by atoms with Gasteiger partial charge in [-0.15, -0.1) is 10.2 Å². The lowest BCUT2D eigenvalue weighted by molar-refractivity contribution is 0.122. The number of piperidine rings is 1. The summed E-state index contributed by atoms with van der Waals surface area (Å²) in [7, 11) is 3.30. The second-order valence-electron chi connectivity index (χ2n) is 8.27. The van der Waals surface area contributed by atoms with Crippen molar-refractivity contribution < 1.29 is 22.3 Å². The van der Waals surface area contributed by atoms with Crippen molar-refractivity contribution in [3.8, 4) is 17.0 Å². The number of hydrogen-bond acceptors (Lipinski definition) is 7. The van der Waals surface area contributed by atoms with Crippen LogP contribution in [0.3, 0.4) is 0 Å². The first-order valence-electron chi connectivity index (χ1n) is 10.7. The van der Waals surface area contributed by atoms with Crippen LogP contribution in [0.25, 0.3) is 27.7 Å². The molecule has 3 aromatic heterocycles. The fraction of sp³-hybridized carbons (Fsp3) is 0.429. The van der Waals surface area contributed by atoms with Gasteiger partial charge in [0.05, 0.1) is 18.7 Å². The van der Waals surface area contributed by atoms with Crippen LogP contribution in [0.15, 0.2) is 24.4 Å². The van der Waals surface area contributed by atoms with Crippen LogP contribution in [0.4, 0.5) is 23.5 Å². The van der Waals surface area contributed by atoms with Crippen LogP contribution in [0.5, 0.6) is 5.88 Å². The molecule has 0 radical (unpaired) electrons. The van der Waals surface area contributed by atoms with Gasteiger partial charge in [-0.3, -0.25) is 0 Å². The van der Waals surface area contributed by atoms with E-state index in [2.05, 4.69) is 25.7 Å². The maximum Gasteiger partial charge on any atom is 0.258 e. The van der Waals surface area contributed by atoms with Gasteiger partial charge in [0, 0.05) is 24.8 Å². The van der Waals surface area contributed by atoms with Gasteiger partial charge in [0.15, 0.2) is 5.82 Å². The molecule has 1 aromatic carbocycles. The fourth-order valence-corrected chi connectivity index (χ4v) is 4.26. The third-order valence-corrected chi connectivity index (χ3v) is 5.93. The maximum atomic E-state index is 14.7. The zero-order valence-electron chi connectivity index (χ0n) is 18.4. The van der Waals surface area contributed by atoms with Crippen molar-refractivity contribution in [3.05, 3.63) is 30.2 Å². The monoisotopic (exact) mass is 478 g/mol. The Hall–Kier alpha value is -3.48. The van der Waals surface area contributed by atoms with Gasteiger partial charge in [0.25, 0.3) is 6.43 Å². The zero-order valence-corrected chi connectivity index (χ0v) is 18.4. The van der Waals surface area contributed by atoms with Gasteiger partial charge in [-0.05, 0) is 37.2 Å². The molecule has 0 bridgehead atoms. The van der Waals surface area contributed by atoms with Gasteiger partial charge in [-0.25, -0.2) is 26.8 Å². The molecule has 0 aliphatic carbocycles. The molecule has 4 aromatic rings. The number of benzene rings is 1. The average molecular weight is 478 g/mol. The molecule has 9 nitrogen and oxygen atoms in total. The minimum absolute atomic E-state index is 0.0958. The van der Waals surface area contributed by atoms with Crippen LogP contribution in [0.1, 0.15) is 6.42 Å². The minimum atomic E-state index is -2.67.